The average molecular weight is 591 g/mol. The Labute approximate surface area is 240 Å². The Morgan fingerprint density at radius 3 is 2.58 bits per heavy atom. The van der Waals surface area contributed by atoms with Gasteiger partial charge in [-0.05, 0) is 48.4 Å². The molecule has 43 heavy (non-hydrogen) atoms. The van der Waals surface area contributed by atoms with Crippen molar-refractivity contribution in [2.45, 2.75) is 13.1 Å². The minimum atomic E-state index is -4.59. The first-order chi connectivity index (χ1) is 20.6. The number of hydrogen-bond donors (Lipinski definition) is 4. The normalized spacial score (nSPS) is 11.7. The Balaban J connectivity index is 1.28. The lowest BCUT2D eigenvalue weighted by atomic mass is 10.0. The highest BCUT2D eigenvalue weighted by Gasteiger charge is 2.29. The number of nitrogens with zero attached hydrogens (tertiary/aromatic N) is 4. The highest BCUT2D eigenvalue weighted by molar-refractivity contribution is 6.07. The number of aromatic amines is 1. The Bertz CT molecular complexity index is 1980. The number of hydrogen-bond acceptors (Lipinski definition) is 7. The maximum absolute atomic E-state index is 15.3. The summed E-state index contributed by atoms with van der Waals surface area (Å²) in [6.07, 6.45) is -2.12. The number of alkyl halides is 3. The molecule has 218 valence electrons. The second-order valence-electron chi connectivity index (χ2n) is 9.58. The van der Waals surface area contributed by atoms with Gasteiger partial charge in [-0.25, -0.2) is 18.9 Å². The second-order valence-corrected chi connectivity index (χ2v) is 9.58. The summed E-state index contributed by atoms with van der Waals surface area (Å²) < 4.78 is 60.6. The van der Waals surface area contributed by atoms with Crippen LogP contribution in [0.1, 0.15) is 15.9 Å². The van der Waals surface area contributed by atoms with E-state index >= 15 is 4.39 Å². The number of halogens is 4. The van der Waals surface area contributed by atoms with Gasteiger partial charge in [-0.3, -0.25) is 4.79 Å². The van der Waals surface area contributed by atoms with Gasteiger partial charge in [-0.1, -0.05) is 30.3 Å². The lowest BCUT2D eigenvalue weighted by Crippen LogP contribution is -2.33. The molecule has 0 bridgehead atoms. The molecular weight excluding hydrogens is 568 g/mol. The number of nitrogens with one attached hydrogen (secondary N) is 3. The van der Waals surface area contributed by atoms with E-state index in [4.69, 9.17) is 10.5 Å². The van der Waals surface area contributed by atoms with Crippen LogP contribution >= 0.6 is 0 Å². The van der Waals surface area contributed by atoms with Gasteiger partial charge in [0, 0.05) is 17.4 Å². The zero-order valence-electron chi connectivity index (χ0n) is 22.3. The molecule has 0 aliphatic rings. The van der Waals surface area contributed by atoms with Crippen molar-refractivity contribution < 1.29 is 27.1 Å². The minimum absolute atomic E-state index is 0.0390. The number of amides is 1. The van der Waals surface area contributed by atoms with Gasteiger partial charge < -0.3 is 26.1 Å². The summed E-state index contributed by atoms with van der Waals surface area (Å²) in [5, 5.41) is 8.98. The van der Waals surface area contributed by atoms with Crippen LogP contribution in [-0.4, -0.2) is 43.2 Å². The van der Waals surface area contributed by atoms with Crippen molar-refractivity contribution >= 4 is 39.9 Å². The summed E-state index contributed by atoms with van der Waals surface area (Å²) in [5.41, 5.74) is 8.91. The number of H-pyrrole nitrogens is 1. The first-order valence-corrected chi connectivity index (χ1v) is 12.8. The number of benzene rings is 3. The molecule has 0 radical (unpaired) electrons. The van der Waals surface area contributed by atoms with E-state index in [1.165, 1.54) is 23.1 Å². The molecule has 3 heterocycles. The molecule has 3 aromatic heterocycles. The first-order valence-electron chi connectivity index (χ1n) is 12.8. The average Bonchev–Trinajstić information content (AvgIpc) is 3.57. The summed E-state index contributed by atoms with van der Waals surface area (Å²) in [7, 11) is 0. The molecule has 6 rings (SSSR count). The zero-order valence-corrected chi connectivity index (χ0v) is 22.3. The molecule has 0 aliphatic heterocycles. The van der Waals surface area contributed by atoms with Crippen LogP contribution in [0.3, 0.4) is 0 Å². The van der Waals surface area contributed by atoms with E-state index in [0.717, 1.165) is 5.56 Å². The Morgan fingerprint density at radius 2 is 1.84 bits per heavy atom. The monoisotopic (exact) mass is 590 g/mol. The predicted octanol–water partition coefficient (Wildman–Crippen LogP) is 6.13. The van der Waals surface area contributed by atoms with Crippen molar-refractivity contribution in [3.05, 3.63) is 90.1 Å². The number of nitrogen functional groups attached to an aromatic ring is 1. The summed E-state index contributed by atoms with van der Waals surface area (Å²) >= 11 is 0. The number of carbonyl (C=O) groups excluding carboxylic acids is 1. The van der Waals surface area contributed by atoms with Crippen molar-refractivity contribution in [1.29, 1.82) is 0 Å². The largest absolute Gasteiger partial charge is 0.454 e. The van der Waals surface area contributed by atoms with Crippen molar-refractivity contribution in [2.75, 3.05) is 17.6 Å². The number of aryl methyl sites for hydroxylation is 1. The molecule has 6 aromatic rings. The number of fused-ring (bicyclic) bond motifs is 2. The quantitative estimate of drug-likeness (QED) is 0.164. The topological polar surface area (TPSA) is 135 Å². The number of ether oxygens (including phenoxy) is 1. The number of carbonyl (C=O) groups is 1. The van der Waals surface area contributed by atoms with Crippen LogP contribution in [0.2, 0.25) is 0 Å². The van der Waals surface area contributed by atoms with Crippen LogP contribution in [0.4, 0.5) is 35.0 Å². The molecular formula is C29H22F4N8O2. The maximum atomic E-state index is 15.3. The molecule has 10 nitrogen and oxygen atoms in total. The molecule has 0 aliphatic carbocycles. The Morgan fingerprint density at radius 1 is 1.07 bits per heavy atom. The van der Waals surface area contributed by atoms with Crippen LogP contribution in [0.5, 0.6) is 11.5 Å². The van der Waals surface area contributed by atoms with E-state index in [1.807, 2.05) is 24.4 Å². The lowest BCUT2D eigenvalue weighted by molar-refractivity contribution is -0.123. The molecule has 0 fully saturated rings. The van der Waals surface area contributed by atoms with E-state index in [1.54, 1.807) is 42.5 Å². The van der Waals surface area contributed by atoms with Gasteiger partial charge in [0.15, 0.2) is 17.4 Å². The van der Waals surface area contributed by atoms with Crippen LogP contribution in [0.25, 0.3) is 27.7 Å². The summed E-state index contributed by atoms with van der Waals surface area (Å²) in [6.45, 7) is 0.361. The first kappa shape index (κ1) is 27.5. The standard InChI is InChI=1S/C29H22F4N8O2/c1-15-4-2-3-5-20(15)43-21-11-10-19-24(23(21)30)40-28(39-19)38-17-8-6-16(7-9-17)22-18(27(42)35-13-29(31,32)33)12-41-25(22)26(34)36-14-37-41/h2-12,14H,13H2,1H3,(H,35,42)(H2,34,36,37)(H2,38,39,40). The smallest absolute Gasteiger partial charge is 0.405 e. The van der Waals surface area contributed by atoms with E-state index < -0.39 is 24.4 Å². The molecule has 3 aromatic carbocycles. The number of aromatic nitrogens is 5. The molecule has 14 heteroatoms. The van der Waals surface area contributed by atoms with Gasteiger partial charge in [0.1, 0.15) is 29.7 Å². The van der Waals surface area contributed by atoms with Crippen molar-refractivity contribution in [3.8, 4) is 22.6 Å². The molecule has 0 saturated carbocycles. The fourth-order valence-corrected chi connectivity index (χ4v) is 4.58. The summed E-state index contributed by atoms with van der Waals surface area (Å²) in [4.78, 5) is 24.0. The fourth-order valence-electron chi connectivity index (χ4n) is 4.58. The summed E-state index contributed by atoms with van der Waals surface area (Å²) in [5.74, 6) is -0.683. The third kappa shape index (κ3) is 5.49. The number of para-hydroxylation sites is 1. The van der Waals surface area contributed by atoms with E-state index in [9.17, 15) is 18.0 Å². The maximum Gasteiger partial charge on any atom is 0.405 e. The van der Waals surface area contributed by atoms with Gasteiger partial charge >= 0.3 is 6.18 Å². The highest BCUT2D eigenvalue weighted by Crippen LogP contribution is 2.35. The third-order valence-corrected chi connectivity index (χ3v) is 6.61. The zero-order chi connectivity index (χ0) is 30.3. The van der Waals surface area contributed by atoms with Gasteiger partial charge in [0.25, 0.3) is 5.91 Å². The van der Waals surface area contributed by atoms with Crippen molar-refractivity contribution in [2.24, 2.45) is 0 Å². The van der Waals surface area contributed by atoms with Crippen LogP contribution in [-0.2, 0) is 0 Å². The SMILES string of the molecule is Cc1ccccc1Oc1ccc2nc(Nc3ccc(-c4c(C(=O)NCC(F)(F)F)cn5ncnc(N)c45)cc3)[nH]c2c1F. The van der Waals surface area contributed by atoms with E-state index in [-0.39, 0.29) is 39.7 Å². The predicted molar refractivity (Wildman–Crippen MR) is 152 cm³/mol. The van der Waals surface area contributed by atoms with Crippen LogP contribution in [0, 0.1) is 12.7 Å². The van der Waals surface area contributed by atoms with E-state index in [0.29, 0.717) is 22.5 Å². The number of imidazole rings is 1. The van der Waals surface area contributed by atoms with E-state index in [2.05, 4.69) is 25.4 Å². The molecule has 5 N–H and O–H groups in total. The van der Waals surface area contributed by atoms with Gasteiger partial charge in [-0.2, -0.15) is 18.3 Å². The molecule has 0 spiro atoms. The molecule has 0 atom stereocenters. The third-order valence-electron chi connectivity index (χ3n) is 6.61. The second kappa shape index (κ2) is 10.6. The summed E-state index contributed by atoms with van der Waals surface area (Å²) in [6, 6.07) is 17.0. The van der Waals surface area contributed by atoms with Crippen LogP contribution in [0.15, 0.2) is 73.2 Å². The highest BCUT2D eigenvalue weighted by atomic mass is 19.4. The van der Waals surface area contributed by atoms with Crippen molar-refractivity contribution in [1.82, 2.24) is 29.9 Å². The molecule has 0 unspecified atom stereocenters. The minimum Gasteiger partial charge on any atom is -0.454 e. The van der Waals surface area contributed by atoms with Crippen molar-refractivity contribution in [3.63, 3.8) is 0 Å². The number of anilines is 3. The lowest BCUT2D eigenvalue weighted by Gasteiger charge is -2.10. The van der Waals surface area contributed by atoms with Gasteiger partial charge in [0.2, 0.25) is 5.95 Å². The Hall–Kier alpha value is -5.66. The molecule has 1 amide bonds. The fraction of sp³-hybridized carbons (Fsp3) is 0.103. The van der Waals surface area contributed by atoms with Gasteiger partial charge in [0.05, 0.1) is 11.1 Å². The van der Waals surface area contributed by atoms with Gasteiger partial charge in [-0.15, -0.1) is 0 Å². The van der Waals surface area contributed by atoms with Crippen LogP contribution < -0.4 is 21.1 Å². The molecule has 0 saturated heterocycles. The number of rotatable bonds is 7. The Kier molecular flexibility index (Phi) is 6.80. The number of nitrogens with two attached hydrogens (primary N) is 1.